The van der Waals surface area contributed by atoms with E-state index in [2.05, 4.69) is 80.2 Å². The number of hydrogen-bond donors (Lipinski definition) is 1. The minimum absolute atomic E-state index is 0.0922. The molecule has 2 rings (SSSR count). The Balaban J connectivity index is 2.53. The molecule has 124 valence electrons. The monoisotopic (exact) mass is 311 g/mol. The van der Waals surface area contributed by atoms with Crippen LogP contribution in [0.25, 0.3) is 0 Å². The van der Waals surface area contributed by atoms with Gasteiger partial charge in [0.2, 0.25) is 0 Å². The zero-order valence-corrected chi connectivity index (χ0v) is 15.0. The van der Waals surface area contributed by atoms with Gasteiger partial charge in [0.1, 0.15) is 0 Å². The van der Waals surface area contributed by atoms with Crippen molar-refractivity contribution in [3.63, 3.8) is 0 Å². The van der Waals surface area contributed by atoms with Crippen LogP contribution in [0.5, 0.6) is 0 Å². The van der Waals surface area contributed by atoms with Crippen LogP contribution in [-0.2, 0) is 0 Å². The van der Waals surface area contributed by atoms with Gasteiger partial charge in [-0.2, -0.15) is 0 Å². The molecule has 1 unspecified atom stereocenters. The standard InChI is InChI=1S/C20H29N3/c1-6-8-19(18-9-7-12-22(5)14-18)23(17(4)21)20-13-15(2)10-11-16(20)3/h7-13,17H,6,14,21H2,1-5H3/b19-8-. The third-order valence-corrected chi connectivity index (χ3v) is 4.08. The molecule has 1 atom stereocenters. The summed E-state index contributed by atoms with van der Waals surface area (Å²) < 4.78 is 0. The van der Waals surface area contributed by atoms with Gasteiger partial charge in [0.15, 0.2) is 0 Å². The van der Waals surface area contributed by atoms with E-state index in [1.807, 2.05) is 6.92 Å². The average Bonchev–Trinajstić information content (AvgIpc) is 2.50. The number of hydrogen-bond acceptors (Lipinski definition) is 3. The van der Waals surface area contributed by atoms with Crippen LogP contribution in [0.3, 0.4) is 0 Å². The first-order valence-electron chi connectivity index (χ1n) is 8.34. The fraction of sp³-hybridized carbons (Fsp3) is 0.400. The fourth-order valence-electron chi connectivity index (χ4n) is 2.97. The zero-order chi connectivity index (χ0) is 17.0. The summed E-state index contributed by atoms with van der Waals surface area (Å²) in [5.74, 6) is 0. The fourth-order valence-corrected chi connectivity index (χ4v) is 2.97. The molecule has 1 heterocycles. The number of benzene rings is 1. The highest BCUT2D eigenvalue weighted by molar-refractivity contribution is 5.63. The summed E-state index contributed by atoms with van der Waals surface area (Å²) in [5.41, 5.74) is 12.6. The third-order valence-electron chi connectivity index (χ3n) is 4.08. The second-order valence-corrected chi connectivity index (χ2v) is 6.35. The maximum absolute atomic E-state index is 6.39. The third kappa shape index (κ3) is 4.05. The number of allylic oxidation sites excluding steroid dienone is 3. The number of aryl methyl sites for hydroxylation is 2. The number of rotatable bonds is 5. The summed E-state index contributed by atoms with van der Waals surface area (Å²) in [6.45, 7) is 9.40. The van der Waals surface area contributed by atoms with Gasteiger partial charge >= 0.3 is 0 Å². The number of nitrogens with two attached hydrogens (primary N) is 1. The van der Waals surface area contributed by atoms with Gasteiger partial charge in [-0.15, -0.1) is 0 Å². The highest BCUT2D eigenvalue weighted by Gasteiger charge is 2.21. The lowest BCUT2D eigenvalue weighted by Crippen LogP contribution is -2.41. The molecule has 1 aromatic carbocycles. The van der Waals surface area contributed by atoms with Gasteiger partial charge < -0.3 is 15.5 Å². The molecule has 2 N–H and O–H groups in total. The van der Waals surface area contributed by atoms with Crippen LogP contribution in [0.2, 0.25) is 0 Å². The van der Waals surface area contributed by atoms with Crippen molar-refractivity contribution in [3.05, 3.63) is 65.0 Å². The summed E-state index contributed by atoms with van der Waals surface area (Å²) in [5, 5.41) is 0. The number of nitrogens with zero attached hydrogens (tertiary/aromatic N) is 2. The predicted octanol–water partition coefficient (Wildman–Crippen LogP) is 4.09. The molecule has 0 aromatic heterocycles. The maximum Gasteiger partial charge on any atom is 0.0791 e. The van der Waals surface area contributed by atoms with Gasteiger partial charge in [0.05, 0.1) is 6.17 Å². The molecule has 0 saturated carbocycles. The predicted molar refractivity (Wildman–Crippen MR) is 100 cm³/mol. The summed E-state index contributed by atoms with van der Waals surface area (Å²) in [6, 6.07) is 6.55. The van der Waals surface area contributed by atoms with Crippen LogP contribution >= 0.6 is 0 Å². The first kappa shape index (κ1) is 17.4. The molecule has 3 heteroatoms. The molecule has 1 aliphatic heterocycles. The SMILES string of the molecule is CC/C=C(/C1=CC=CN(C)C1)N(c1cc(C)ccc1C)C(C)N. The molecular weight excluding hydrogens is 282 g/mol. The van der Waals surface area contributed by atoms with Crippen LogP contribution in [0.15, 0.2) is 53.9 Å². The lowest BCUT2D eigenvalue weighted by Gasteiger charge is -2.35. The van der Waals surface area contributed by atoms with Crippen molar-refractivity contribution in [2.45, 2.75) is 40.3 Å². The maximum atomic E-state index is 6.39. The molecule has 3 nitrogen and oxygen atoms in total. The second kappa shape index (κ2) is 7.51. The van der Waals surface area contributed by atoms with Crippen LogP contribution in [0.4, 0.5) is 5.69 Å². The van der Waals surface area contributed by atoms with Crippen molar-refractivity contribution in [3.8, 4) is 0 Å². The lowest BCUT2D eigenvalue weighted by atomic mass is 10.0. The Morgan fingerprint density at radius 3 is 2.74 bits per heavy atom. The summed E-state index contributed by atoms with van der Waals surface area (Å²) in [6.07, 6.45) is 9.57. The first-order valence-corrected chi connectivity index (χ1v) is 8.34. The summed E-state index contributed by atoms with van der Waals surface area (Å²) in [4.78, 5) is 4.46. The van der Waals surface area contributed by atoms with Crippen molar-refractivity contribution in [1.82, 2.24) is 4.90 Å². The summed E-state index contributed by atoms with van der Waals surface area (Å²) in [7, 11) is 2.10. The van der Waals surface area contributed by atoms with Crippen molar-refractivity contribution >= 4 is 5.69 Å². The second-order valence-electron chi connectivity index (χ2n) is 6.35. The van der Waals surface area contributed by atoms with E-state index >= 15 is 0 Å². The van der Waals surface area contributed by atoms with Crippen LogP contribution in [0.1, 0.15) is 31.4 Å². The molecule has 0 radical (unpaired) electrons. The smallest absolute Gasteiger partial charge is 0.0791 e. The zero-order valence-electron chi connectivity index (χ0n) is 15.0. The van der Waals surface area contributed by atoms with Crippen LogP contribution < -0.4 is 10.6 Å². The molecule has 0 bridgehead atoms. The topological polar surface area (TPSA) is 32.5 Å². The van der Waals surface area contributed by atoms with E-state index in [0.717, 1.165) is 13.0 Å². The Morgan fingerprint density at radius 2 is 2.13 bits per heavy atom. The Hall–Kier alpha value is -2.00. The molecule has 23 heavy (non-hydrogen) atoms. The lowest BCUT2D eigenvalue weighted by molar-refractivity contribution is 0.490. The molecule has 0 saturated heterocycles. The minimum atomic E-state index is -0.0922. The van der Waals surface area contributed by atoms with Crippen molar-refractivity contribution in [1.29, 1.82) is 0 Å². The van der Waals surface area contributed by atoms with E-state index in [9.17, 15) is 0 Å². The Bertz CT molecular complexity index is 638. The normalized spacial score (nSPS) is 16.3. The average molecular weight is 311 g/mol. The highest BCUT2D eigenvalue weighted by atomic mass is 15.2. The molecule has 0 fully saturated rings. The van der Waals surface area contributed by atoms with E-state index in [0.29, 0.717) is 0 Å². The van der Waals surface area contributed by atoms with Gasteiger partial charge in [-0.3, -0.25) is 0 Å². The Labute approximate surface area is 140 Å². The minimum Gasteiger partial charge on any atom is -0.376 e. The van der Waals surface area contributed by atoms with Crippen LogP contribution in [0, 0.1) is 13.8 Å². The van der Waals surface area contributed by atoms with Gasteiger partial charge in [0.25, 0.3) is 0 Å². The molecule has 1 aliphatic rings. The van der Waals surface area contributed by atoms with E-state index < -0.39 is 0 Å². The molecule has 0 spiro atoms. The van der Waals surface area contributed by atoms with Gasteiger partial charge in [-0.25, -0.2) is 0 Å². The van der Waals surface area contributed by atoms with E-state index in [1.54, 1.807) is 0 Å². The van der Waals surface area contributed by atoms with Crippen LogP contribution in [-0.4, -0.2) is 24.7 Å². The largest absolute Gasteiger partial charge is 0.376 e. The van der Waals surface area contributed by atoms with Gasteiger partial charge in [0, 0.05) is 25.0 Å². The summed E-state index contributed by atoms with van der Waals surface area (Å²) >= 11 is 0. The molecular formula is C20H29N3. The molecule has 0 aliphatic carbocycles. The quantitative estimate of drug-likeness (QED) is 0.831. The molecule has 0 amide bonds. The first-order chi connectivity index (χ1) is 10.9. The van der Waals surface area contributed by atoms with E-state index in [1.165, 1.54) is 28.1 Å². The Morgan fingerprint density at radius 1 is 1.39 bits per heavy atom. The van der Waals surface area contributed by atoms with Crippen molar-refractivity contribution in [2.24, 2.45) is 5.73 Å². The van der Waals surface area contributed by atoms with Crippen molar-refractivity contribution in [2.75, 3.05) is 18.5 Å². The number of anilines is 1. The van der Waals surface area contributed by atoms with Gasteiger partial charge in [-0.1, -0.05) is 31.2 Å². The number of likely N-dealkylation sites (N-methyl/N-ethyl adjacent to an activating group) is 1. The van der Waals surface area contributed by atoms with E-state index in [4.69, 9.17) is 5.73 Å². The van der Waals surface area contributed by atoms with Crippen molar-refractivity contribution < 1.29 is 0 Å². The Kier molecular flexibility index (Phi) is 5.67. The van der Waals surface area contributed by atoms with Gasteiger partial charge in [-0.05, 0) is 62.2 Å². The van der Waals surface area contributed by atoms with E-state index in [-0.39, 0.29) is 6.17 Å². The highest BCUT2D eigenvalue weighted by Crippen LogP contribution is 2.30. The molecule has 1 aromatic rings.